The third kappa shape index (κ3) is 6.96. The fourth-order valence-electron chi connectivity index (χ4n) is 5.52. The molecule has 7 nitrogen and oxygen atoms in total. The van der Waals surface area contributed by atoms with Crippen molar-refractivity contribution in [2.45, 2.75) is 89.7 Å². The van der Waals surface area contributed by atoms with E-state index in [9.17, 15) is 22.8 Å². The Balaban J connectivity index is 0.000000640. The van der Waals surface area contributed by atoms with Gasteiger partial charge in [0.15, 0.2) is 0 Å². The van der Waals surface area contributed by atoms with Crippen molar-refractivity contribution < 1.29 is 23.1 Å². The number of carbonyl (C=O) groups is 1. The second-order valence-electron chi connectivity index (χ2n) is 10.9. The summed E-state index contributed by atoms with van der Waals surface area (Å²) in [5.74, 6) is 0.636. The molecule has 2 aromatic heterocycles. The van der Waals surface area contributed by atoms with Crippen LogP contribution in [0.25, 0.3) is 21.3 Å². The van der Waals surface area contributed by atoms with Gasteiger partial charge in [0.25, 0.3) is 0 Å². The number of thiophene rings is 1. The Morgan fingerprint density at radius 3 is 2.30 bits per heavy atom. The van der Waals surface area contributed by atoms with Crippen LogP contribution in [0.15, 0.2) is 39.9 Å². The Labute approximate surface area is 258 Å². The van der Waals surface area contributed by atoms with Gasteiger partial charge in [-0.2, -0.15) is 18.2 Å². The SMILES string of the molecule is C=CC(=O)N1C(C)CN(c2nc(=O)n3c4c(c(-c5cc(C)cs5)c(C(F)(F)F)cc24)SCCC3)CC1C.CC.OC1CC1. The van der Waals surface area contributed by atoms with Crippen molar-refractivity contribution in [1.29, 1.82) is 0 Å². The van der Waals surface area contributed by atoms with Crippen molar-refractivity contribution in [2.24, 2.45) is 0 Å². The first-order valence-corrected chi connectivity index (χ1v) is 16.5. The van der Waals surface area contributed by atoms with E-state index in [2.05, 4.69) is 11.6 Å². The second-order valence-corrected chi connectivity index (χ2v) is 12.9. The fourth-order valence-corrected chi connectivity index (χ4v) is 7.75. The van der Waals surface area contributed by atoms with Crippen LogP contribution in [0.2, 0.25) is 0 Å². The molecular weight excluding hydrogens is 597 g/mol. The normalized spacial score (nSPS) is 20.0. The van der Waals surface area contributed by atoms with Gasteiger partial charge in [0.1, 0.15) is 5.82 Å². The number of rotatable bonds is 3. The van der Waals surface area contributed by atoms with Gasteiger partial charge in [-0.25, -0.2) is 4.79 Å². The van der Waals surface area contributed by atoms with E-state index in [0.29, 0.717) is 52.5 Å². The van der Waals surface area contributed by atoms with Crippen LogP contribution >= 0.6 is 23.1 Å². The Bertz CT molecular complexity index is 1540. The van der Waals surface area contributed by atoms with Crippen molar-refractivity contribution >= 4 is 45.7 Å². The molecule has 0 spiro atoms. The lowest BCUT2D eigenvalue weighted by Crippen LogP contribution is -2.58. The molecule has 4 heterocycles. The Hall–Kier alpha value is -2.83. The molecule has 2 fully saturated rings. The minimum atomic E-state index is -4.60. The summed E-state index contributed by atoms with van der Waals surface area (Å²) in [6.45, 7) is 14.3. The minimum absolute atomic E-state index is 0.0833. The first-order chi connectivity index (χ1) is 20.4. The number of halogens is 3. The van der Waals surface area contributed by atoms with Gasteiger partial charge in [0.2, 0.25) is 5.91 Å². The van der Waals surface area contributed by atoms with E-state index in [0.717, 1.165) is 18.4 Å². The molecule has 2 aliphatic heterocycles. The lowest BCUT2D eigenvalue weighted by Gasteiger charge is -2.44. The molecule has 1 aromatic carbocycles. The van der Waals surface area contributed by atoms with E-state index in [1.54, 1.807) is 11.0 Å². The smallest absolute Gasteiger partial charge is 0.393 e. The number of aromatic nitrogens is 2. The number of anilines is 1. The first kappa shape index (κ1) is 33.1. The maximum atomic E-state index is 14.6. The maximum absolute atomic E-state index is 14.6. The van der Waals surface area contributed by atoms with Crippen LogP contribution in [0.3, 0.4) is 0 Å². The zero-order valence-electron chi connectivity index (χ0n) is 25.2. The minimum Gasteiger partial charge on any atom is -0.393 e. The molecule has 1 amide bonds. The predicted molar refractivity (Wildman–Crippen MR) is 169 cm³/mol. The van der Waals surface area contributed by atoms with Gasteiger partial charge < -0.3 is 14.9 Å². The maximum Gasteiger partial charge on any atom is 0.417 e. The van der Waals surface area contributed by atoms with Crippen LogP contribution < -0.4 is 10.6 Å². The van der Waals surface area contributed by atoms with Gasteiger partial charge >= 0.3 is 11.9 Å². The molecule has 1 aliphatic carbocycles. The van der Waals surface area contributed by atoms with Crippen LogP contribution in [0.4, 0.5) is 19.0 Å². The van der Waals surface area contributed by atoms with Crippen LogP contribution in [0.1, 0.15) is 58.1 Å². The number of aliphatic hydroxyl groups excluding tert-OH is 1. The Morgan fingerprint density at radius 1 is 1.16 bits per heavy atom. The molecule has 43 heavy (non-hydrogen) atoms. The Kier molecular flexibility index (Phi) is 10.3. The highest BCUT2D eigenvalue weighted by atomic mass is 32.2. The first-order valence-electron chi connectivity index (χ1n) is 14.7. The number of thioether (sulfide) groups is 1. The number of alkyl halides is 3. The number of hydrogen-bond acceptors (Lipinski definition) is 7. The topological polar surface area (TPSA) is 78.7 Å². The summed E-state index contributed by atoms with van der Waals surface area (Å²) >= 11 is 2.65. The molecule has 0 bridgehead atoms. The molecule has 1 saturated heterocycles. The van der Waals surface area contributed by atoms with E-state index in [1.807, 2.05) is 44.9 Å². The molecule has 6 rings (SSSR count). The number of aryl methyl sites for hydroxylation is 2. The summed E-state index contributed by atoms with van der Waals surface area (Å²) in [6.07, 6.45) is -0.519. The second kappa shape index (κ2) is 13.4. The number of benzene rings is 1. The molecule has 3 aliphatic rings. The van der Waals surface area contributed by atoms with Gasteiger partial charge in [-0.05, 0) is 74.9 Å². The van der Waals surface area contributed by atoms with Crippen molar-refractivity contribution in [3.63, 3.8) is 0 Å². The van der Waals surface area contributed by atoms with E-state index in [4.69, 9.17) is 5.11 Å². The Morgan fingerprint density at radius 2 is 1.79 bits per heavy atom. The predicted octanol–water partition coefficient (Wildman–Crippen LogP) is 6.73. The van der Waals surface area contributed by atoms with E-state index in [-0.39, 0.29) is 35.5 Å². The molecule has 1 saturated carbocycles. The number of carbonyl (C=O) groups excluding carboxylic acids is 1. The summed E-state index contributed by atoms with van der Waals surface area (Å²) in [5, 5.41) is 10.3. The summed E-state index contributed by atoms with van der Waals surface area (Å²) in [5.41, 5.74) is 0.349. The third-order valence-electron chi connectivity index (χ3n) is 7.45. The highest BCUT2D eigenvalue weighted by Gasteiger charge is 2.39. The number of amides is 1. The van der Waals surface area contributed by atoms with E-state index >= 15 is 0 Å². The summed E-state index contributed by atoms with van der Waals surface area (Å²) < 4.78 is 45.3. The number of piperazine rings is 1. The van der Waals surface area contributed by atoms with Crippen molar-refractivity contribution in [2.75, 3.05) is 23.7 Å². The summed E-state index contributed by atoms with van der Waals surface area (Å²) in [6, 6.07) is 2.46. The molecule has 234 valence electrons. The van der Waals surface area contributed by atoms with Crippen molar-refractivity contribution in [1.82, 2.24) is 14.5 Å². The van der Waals surface area contributed by atoms with Crippen LogP contribution in [0.5, 0.6) is 0 Å². The van der Waals surface area contributed by atoms with Crippen LogP contribution in [-0.4, -0.2) is 62.5 Å². The van der Waals surface area contributed by atoms with E-state index < -0.39 is 17.4 Å². The quantitative estimate of drug-likeness (QED) is 0.322. The zero-order chi connectivity index (χ0) is 31.6. The lowest BCUT2D eigenvalue weighted by molar-refractivity contribution is -0.137. The van der Waals surface area contributed by atoms with Crippen LogP contribution in [-0.2, 0) is 17.5 Å². The molecule has 1 N–H and O–H groups in total. The molecule has 0 radical (unpaired) electrons. The lowest BCUT2D eigenvalue weighted by atomic mass is 10.00. The highest BCUT2D eigenvalue weighted by Crippen LogP contribution is 2.49. The monoisotopic (exact) mass is 636 g/mol. The third-order valence-corrected chi connectivity index (χ3v) is 9.69. The zero-order valence-corrected chi connectivity index (χ0v) is 26.8. The average molecular weight is 637 g/mol. The van der Waals surface area contributed by atoms with Gasteiger partial charge in [0.05, 0.1) is 17.2 Å². The van der Waals surface area contributed by atoms with Gasteiger partial charge in [-0.1, -0.05) is 20.4 Å². The van der Waals surface area contributed by atoms with Gasteiger partial charge in [-0.3, -0.25) is 9.36 Å². The average Bonchev–Trinajstić information content (AvgIpc) is 3.68. The molecule has 2 unspecified atom stereocenters. The van der Waals surface area contributed by atoms with Crippen molar-refractivity contribution in [3.8, 4) is 10.4 Å². The molecule has 3 aromatic rings. The standard InChI is InChI=1S/C26H27F3N4O2S2.C3H6O.C2H6/c1-5-20(34)33-15(3)11-31(12-16(33)4)24-17-10-18(26(27,28)29)21(19-9-14(2)13-37-19)23-22(17)32(25(35)30-24)7-6-8-36-23;4-3-1-2-3;1-2/h5,9-10,13,15-16H,1,6-8,11-12H2,2-4H3;3-4H,1-2H2;1-2H3. The van der Waals surface area contributed by atoms with Crippen molar-refractivity contribution in [3.05, 3.63) is 51.8 Å². The number of aliphatic hydroxyl groups is 1. The number of hydrogen-bond donors (Lipinski definition) is 1. The summed E-state index contributed by atoms with van der Waals surface area (Å²) in [4.78, 5) is 34.6. The van der Waals surface area contributed by atoms with Gasteiger partial charge in [0, 0.05) is 52.4 Å². The molecule has 12 heteroatoms. The number of nitrogens with zero attached hydrogens (tertiary/aromatic N) is 4. The summed E-state index contributed by atoms with van der Waals surface area (Å²) in [7, 11) is 0. The largest absolute Gasteiger partial charge is 0.417 e. The molecular formula is C31H39F3N4O3S2. The highest BCUT2D eigenvalue weighted by molar-refractivity contribution is 7.99. The van der Waals surface area contributed by atoms with Crippen LogP contribution in [0, 0.1) is 6.92 Å². The van der Waals surface area contributed by atoms with E-state index in [1.165, 1.54) is 39.8 Å². The molecule has 2 atom stereocenters. The van der Waals surface area contributed by atoms with Gasteiger partial charge in [-0.15, -0.1) is 23.1 Å². The fraction of sp³-hybridized carbons (Fsp3) is 0.516.